The van der Waals surface area contributed by atoms with E-state index < -0.39 is 11.7 Å². The third-order valence-electron chi connectivity index (χ3n) is 4.71. The second-order valence-electron chi connectivity index (χ2n) is 6.82. The second-order valence-corrected chi connectivity index (χ2v) is 7.22. The van der Waals surface area contributed by atoms with Crippen LogP contribution >= 0.6 is 11.6 Å². The average Bonchev–Trinajstić information content (AvgIpc) is 2.69. The van der Waals surface area contributed by atoms with E-state index in [2.05, 4.69) is 10.3 Å². The number of amides is 1. The molecular weight excluding hydrogens is 407 g/mol. The maximum atomic E-state index is 12.6. The van der Waals surface area contributed by atoms with Crippen LogP contribution in [0.15, 0.2) is 42.6 Å². The van der Waals surface area contributed by atoms with Crippen LogP contribution in [0.2, 0.25) is 5.02 Å². The molecule has 1 aromatic heterocycles. The van der Waals surface area contributed by atoms with Crippen LogP contribution in [0.25, 0.3) is 0 Å². The Morgan fingerprint density at radius 2 is 1.93 bits per heavy atom. The molecule has 1 N–H and O–H groups in total. The number of pyridine rings is 1. The van der Waals surface area contributed by atoms with Gasteiger partial charge in [-0.05, 0) is 36.6 Å². The van der Waals surface area contributed by atoms with Crippen molar-refractivity contribution in [3.8, 4) is 0 Å². The zero-order valence-electron chi connectivity index (χ0n) is 15.6. The van der Waals surface area contributed by atoms with Crippen molar-refractivity contribution < 1.29 is 22.7 Å². The van der Waals surface area contributed by atoms with E-state index in [9.17, 15) is 18.0 Å². The number of aromatic nitrogens is 1. The van der Waals surface area contributed by atoms with E-state index >= 15 is 0 Å². The Kier molecular flexibility index (Phi) is 6.97. The molecule has 2 aromatic rings. The zero-order chi connectivity index (χ0) is 20.9. The Hall–Kier alpha value is -2.32. The number of piperidine rings is 1. The molecule has 29 heavy (non-hydrogen) atoms. The predicted octanol–water partition coefficient (Wildman–Crippen LogP) is 4.06. The zero-order valence-corrected chi connectivity index (χ0v) is 16.3. The summed E-state index contributed by atoms with van der Waals surface area (Å²) in [6.07, 6.45) is -2.19. The summed E-state index contributed by atoms with van der Waals surface area (Å²) in [5.74, 6) is 0.300. The quantitative estimate of drug-likeness (QED) is 0.755. The highest BCUT2D eigenvalue weighted by Gasteiger charge is 2.31. The van der Waals surface area contributed by atoms with Crippen molar-refractivity contribution in [1.29, 1.82) is 0 Å². The third-order valence-corrected chi connectivity index (χ3v) is 5.08. The number of benzene rings is 1. The number of carbonyl (C=O) groups excluding carboxylic acids is 1. The molecule has 0 aliphatic carbocycles. The number of halogens is 4. The van der Waals surface area contributed by atoms with E-state index in [1.807, 2.05) is 23.1 Å². The van der Waals surface area contributed by atoms with Gasteiger partial charge in [-0.25, -0.2) is 4.98 Å². The van der Waals surface area contributed by atoms with Crippen molar-refractivity contribution in [3.63, 3.8) is 0 Å². The number of nitrogens with one attached hydrogen (secondary N) is 1. The average molecular weight is 428 g/mol. The van der Waals surface area contributed by atoms with E-state index in [-0.39, 0.29) is 25.2 Å². The molecule has 5 nitrogen and oxygen atoms in total. The molecule has 0 spiro atoms. The first-order chi connectivity index (χ1) is 13.8. The molecule has 0 bridgehead atoms. The van der Waals surface area contributed by atoms with Gasteiger partial charge in [0.2, 0.25) is 5.91 Å². The number of alkyl halides is 3. The van der Waals surface area contributed by atoms with Crippen LogP contribution < -0.4 is 10.2 Å². The molecule has 1 aliphatic rings. The van der Waals surface area contributed by atoms with Gasteiger partial charge in [-0.2, -0.15) is 13.2 Å². The van der Waals surface area contributed by atoms with Crippen LogP contribution in [-0.2, 0) is 22.3 Å². The molecule has 1 saturated heterocycles. The summed E-state index contributed by atoms with van der Waals surface area (Å²) in [5, 5.41) is 3.52. The predicted molar refractivity (Wildman–Crippen MR) is 104 cm³/mol. The summed E-state index contributed by atoms with van der Waals surface area (Å²) in [5.41, 5.74) is 0.0551. The normalized spacial score (nSPS) is 15.4. The van der Waals surface area contributed by atoms with Gasteiger partial charge < -0.3 is 15.0 Å². The van der Waals surface area contributed by atoms with Crippen LogP contribution in [-0.4, -0.2) is 36.6 Å². The lowest BCUT2D eigenvalue weighted by atomic mass is 10.0. The van der Waals surface area contributed by atoms with Crippen molar-refractivity contribution in [2.24, 2.45) is 0 Å². The van der Waals surface area contributed by atoms with Gasteiger partial charge in [-0.15, -0.1) is 0 Å². The molecule has 3 rings (SSSR count). The van der Waals surface area contributed by atoms with Crippen LogP contribution in [0.4, 0.5) is 19.0 Å². The number of rotatable bonds is 6. The van der Waals surface area contributed by atoms with Crippen molar-refractivity contribution in [3.05, 3.63) is 58.7 Å². The monoisotopic (exact) mass is 427 g/mol. The lowest BCUT2D eigenvalue weighted by Crippen LogP contribution is -2.45. The highest BCUT2D eigenvalue weighted by molar-refractivity contribution is 6.31. The lowest BCUT2D eigenvalue weighted by molar-refractivity contribution is -0.137. The minimum Gasteiger partial charge on any atom is -0.367 e. The van der Waals surface area contributed by atoms with Gasteiger partial charge in [0.15, 0.2) is 0 Å². The molecule has 1 amide bonds. The Labute approximate surface area is 171 Å². The number of hydrogen-bond donors (Lipinski definition) is 1. The Bertz CT molecular complexity index is 822. The van der Waals surface area contributed by atoms with Gasteiger partial charge >= 0.3 is 6.18 Å². The van der Waals surface area contributed by atoms with E-state index in [0.717, 1.165) is 17.8 Å². The number of anilines is 1. The summed E-state index contributed by atoms with van der Waals surface area (Å²) in [6.45, 7) is 1.39. The van der Waals surface area contributed by atoms with E-state index in [0.29, 0.717) is 36.8 Å². The molecular formula is C20H21ClF3N3O2. The van der Waals surface area contributed by atoms with Gasteiger partial charge in [0.25, 0.3) is 0 Å². The fourth-order valence-corrected chi connectivity index (χ4v) is 3.32. The van der Waals surface area contributed by atoms with Gasteiger partial charge in [0, 0.05) is 30.4 Å². The van der Waals surface area contributed by atoms with Gasteiger partial charge in [0.1, 0.15) is 12.4 Å². The fourth-order valence-electron chi connectivity index (χ4n) is 3.13. The summed E-state index contributed by atoms with van der Waals surface area (Å²) in [7, 11) is 0. The fraction of sp³-hybridized carbons (Fsp3) is 0.400. The second kappa shape index (κ2) is 9.45. The minimum atomic E-state index is -4.39. The lowest BCUT2D eigenvalue weighted by Gasteiger charge is -2.33. The Morgan fingerprint density at radius 1 is 1.21 bits per heavy atom. The number of carbonyl (C=O) groups is 1. The standard InChI is InChI=1S/C20H21ClF3N3O2/c21-17-4-2-1-3-14(17)12-29-13-19(28)26-16-7-9-27(10-8-16)18-6-5-15(11-25-18)20(22,23)24/h1-6,11,16H,7-10,12-13H2,(H,26,28). The molecule has 9 heteroatoms. The number of ether oxygens (including phenoxy) is 1. The minimum absolute atomic E-state index is 0.00267. The molecule has 0 atom stereocenters. The van der Waals surface area contributed by atoms with Gasteiger partial charge in [-0.1, -0.05) is 29.8 Å². The maximum absolute atomic E-state index is 12.6. The highest BCUT2D eigenvalue weighted by atomic mass is 35.5. The van der Waals surface area contributed by atoms with Crippen LogP contribution in [0.1, 0.15) is 24.0 Å². The van der Waals surface area contributed by atoms with Crippen LogP contribution in [0.5, 0.6) is 0 Å². The molecule has 0 saturated carbocycles. The number of nitrogens with zero attached hydrogens (tertiary/aromatic N) is 2. The van der Waals surface area contributed by atoms with Crippen LogP contribution in [0, 0.1) is 0 Å². The third kappa shape index (κ3) is 6.08. The van der Waals surface area contributed by atoms with E-state index in [1.165, 1.54) is 6.07 Å². The van der Waals surface area contributed by atoms with E-state index in [1.54, 1.807) is 6.07 Å². The Balaban J connectivity index is 1.40. The number of hydrogen-bond acceptors (Lipinski definition) is 4. The van der Waals surface area contributed by atoms with Crippen molar-refractivity contribution in [2.45, 2.75) is 31.7 Å². The largest absolute Gasteiger partial charge is 0.417 e. The molecule has 2 heterocycles. The van der Waals surface area contributed by atoms with Crippen molar-refractivity contribution in [1.82, 2.24) is 10.3 Å². The molecule has 156 valence electrons. The topological polar surface area (TPSA) is 54.5 Å². The maximum Gasteiger partial charge on any atom is 0.417 e. The molecule has 1 aromatic carbocycles. The van der Waals surface area contributed by atoms with Crippen LogP contribution in [0.3, 0.4) is 0 Å². The summed E-state index contributed by atoms with van der Waals surface area (Å²) >= 11 is 6.04. The summed E-state index contributed by atoms with van der Waals surface area (Å²) < 4.78 is 43.3. The molecule has 0 unspecified atom stereocenters. The van der Waals surface area contributed by atoms with Gasteiger partial charge in [0.05, 0.1) is 12.2 Å². The van der Waals surface area contributed by atoms with Gasteiger partial charge in [-0.3, -0.25) is 4.79 Å². The van der Waals surface area contributed by atoms with E-state index in [4.69, 9.17) is 16.3 Å². The Morgan fingerprint density at radius 3 is 2.55 bits per heavy atom. The first-order valence-electron chi connectivity index (χ1n) is 9.21. The van der Waals surface area contributed by atoms with Crippen molar-refractivity contribution in [2.75, 3.05) is 24.6 Å². The summed E-state index contributed by atoms with van der Waals surface area (Å²) in [6, 6.07) is 9.69. The summed E-state index contributed by atoms with van der Waals surface area (Å²) in [4.78, 5) is 17.9. The SMILES string of the molecule is O=C(COCc1ccccc1Cl)NC1CCN(c2ccc(C(F)(F)F)cn2)CC1. The molecule has 1 fully saturated rings. The van der Waals surface area contributed by atoms with Crippen molar-refractivity contribution >= 4 is 23.3 Å². The smallest absolute Gasteiger partial charge is 0.367 e. The molecule has 1 aliphatic heterocycles. The highest BCUT2D eigenvalue weighted by Crippen LogP contribution is 2.29. The first-order valence-corrected chi connectivity index (χ1v) is 9.59. The molecule has 0 radical (unpaired) electrons. The first kappa shape index (κ1) is 21.4.